The lowest BCUT2D eigenvalue weighted by atomic mass is 10.2. The molecule has 128 valence electrons. The Labute approximate surface area is 142 Å². The van der Waals surface area contributed by atoms with Crippen LogP contribution in [0, 0.1) is 0 Å². The number of benzene rings is 1. The quantitative estimate of drug-likeness (QED) is 0.655. The van der Waals surface area contributed by atoms with E-state index in [1.54, 1.807) is 21.8 Å². The summed E-state index contributed by atoms with van der Waals surface area (Å²) in [5, 5.41) is 12.4. The van der Waals surface area contributed by atoms with Gasteiger partial charge in [0.15, 0.2) is 11.5 Å². The monoisotopic (exact) mass is 341 g/mol. The van der Waals surface area contributed by atoms with Crippen LogP contribution in [0.25, 0.3) is 5.69 Å². The number of ether oxygens (including phenoxy) is 3. The molecule has 0 radical (unpaired) electrons. The van der Waals surface area contributed by atoms with E-state index in [0.717, 1.165) is 11.4 Å². The Kier molecular flexibility index (Phi) is 3.81. The van der Waals surface area contributed by atoms with E-state index in [0.29, 0.717) is 36.8 Å². The van der Waals surface area contributed by atoms with Crippen molar-refractivity contribution in [1.82, 2.24) is 24.8 Å². The lowest BCUT2D eigenvalue weighted by Crippen LogP contribution is -2.15. The zero-order valence-corrected chi connectivity index (χ0v) is 13.5. The summed E-state index contributed by atoms with van der Waals surface area (Å²) in [7, 11) is 1.33. The van der Waals surface area contributed by atoms with Crippen molar-refractivity contribution in [2.75, 3.05) is 20.3 Å². The molecule has 9 nitrogen and oxygen atoms in total. The highest BCUT2D eigenvalue weighted by atomic mass is 16.6. The van der Waals surface area contributed by atoms with E-state index in [9.17, 15) is 4.79 Å². The second-order valence-electron chi connectivity index (χ2n) is 5.40. The van der Waals surface area contributed by atoms with Gasteiger partial charge in [-0.3, -0.25) is 4.68 Å². The Balaban J connectivity index is 1.52. The van der Waals surface area contributed by atoms with Crippen LogP contribution in [-0.4, -0.2) is 51.1 Å². The summed E-state index contributed by atoms with van der Waals surface area (Å²) in [6.45, 7) is 1.47. The maximum absolute atomic E-state index is 11.5. The van der Waals surface area contributed by atoms with Crippen molar-refractivity contribution in [2.24, 2.45) is 0 Å². The van der Waals surface area contributed by atoms with Crippen molar-refractivity contribution >= 4 is 5.97 Å². The fourth-order valence-corrected chi connectivity index (χ4v) is 2.51. The van der Waals surface area contributed by atoms with Crippen molar-refractivity contribution in [3.63, 3.8) is 0 Å². The number of rotatable bonds is 4. The van der Waals surface area contributed by atoms with Crippen molar-refractivity contribution in [2.45, 2.75) is 6.54 Å². The fourth-order valence-electron chi connectivity index (χ4n) is 2.51. The third-order valence-electron chi connectivity index (χ3n) is 3.71. The Morgan fingerprint density at radius 1 is 1.24 bits per heavy atom. The van der Waals surface area contributed by atoms with Crippen LogP contribution in [-0.2, 0) is 11.3 Å². The molecule has 0 saturated carbocycles. The smallest absolute Gasteiger partial charge is 0.341 e. The summed E-state index contributed by atoms with van der Waals surface area (Å²) in [4.78, 5) is 11.5. The predicted octanol–water partition coefficient (Wildman–Crippen LogP) is 1.07. The minimum absolute atomic E-state index is 0.390. The number of fused-ring (bicyclic) bond motifs is 1. The van der Waals surface area contributed by atoms with E-state index in [2.05, 4.69) is 20.1 Å². The topological polar surface area (TPSA) is 93.3 Å². The van der Waals surface area contributed by atoms with E-state index < -0.39 is 5.97 Å². The van der Waals surface area contributed by atoms with Crippen molar-refractivity contribution < 1.29 is 19.0 Å². The van der Waals surface area contributed by atoms with Crippen molar-refractivity contribution in [3.05, 3.63) is 48.0 Å². The van der Waals surface area contributed by atoms with Crippen molar-refractivity contribution in [3.8, 4) is 17.2 Å². The van der Waals surface area contributed by atoms with Gasteiger partial charge >= 0.3 is 5.97 Å². The molecule has 0 spiro atoms. The maximum atomic E-state index is 11.5. The molecule has 3 heterocycles. The molecule has 0 amide bonds. The first-order chi connectivity index (χ1) is 12.2. The van der Waals surface area contributed by atoms with Crippen LogP contribution in [0.2, 0.25) is 0 Å². The highest BCUT2D eigenvalue weighted by Gasteiger charge is 2.14. The molecule has 0 fully saturated rings. The minimum atomic E-state index is -0.425. The molecule has 0 aliphatic carbocycles. The summed E-state index contributed by atoms with van der Waals surface area (Å²) >= 11 is 0. The Morgan fingerprint density at radius 3 is 2.92 bits per heavy atom. The van der Waals surface area contributed by atoms with Crippen LogP contribution in [0.3, 0.4) is 0 Å². The number of nitrogens with zero attached hydrogens (tertiary/aromatic N) is 5. The number of methoxy groups -OCH3 is 1. The van der Waals surface area contributed by atoms with E-state index in [4.69, 9.17) is 9.47 Å². The summed E-state index contributed by atoms with van der Waals surface area (Å²) in [6, 6.07) is 5.59. The summed E-state index contributed by atoms with van der Waals surface area (Å²) < 4.78 is 19.0. The van der Waals surface area contributed by atoms with Gasteiger partial charge in [-0.25, -0.2) is 9.48 Å². The maximum Gasteiger partial charge on any atom is 0.341 e. The van der Waals surface area contributed by atoms with Crippen LogP contribution in [0.1, 0.15) is 16.1 Å². The first-order valence-corrected chi connectivity index (χ1v) is 7.65. The standard InChI is InChI=1S/C16H15N5O4/c1-23-16(22)11-7-17-20(8-11)9-12-10-21(19-18-12)13-2-3-14-15(6-13)25-5-4-24-14/h2-3,6-8,10H,4-5,9H2,1H3. The third kappa shape index (κ3) is 3.03. The molecular weight excluding hydrogens is 326 g/mol. The van der Waals surface area contributed by atoms with E-state index in [1.165, 1.54) is 13.3 Å². The first kappa shape index (κ1) is 15.2. The molecule has 9 heteroatoms. The normalized spacial score (nSPS) is 12.8. The molecule has 1 aliphatic heterocycles. The zero-order valence-electron chi connectivity index (χ0n) is 13.5. The highest BCUT2D eigenvalue weighted by Crippen LogP contribution is 2.31. The summed E-state index contributed by atoms with van der Waals surface area (Å²) in [6.07, 6.45) is 4.86. The average molecular weight is 341 g/mol. The zero-order chi connectivity index (χ0) is 17.2. The molecular formula is C16H15N5O4. The van der Waals surface area contributed by atoms with E-state index in [-0.39, 0.29) is 0 Å². The minimum Gasteiger partial charge on any atom is -0.486 e. The van der Waals surface area contributed by atoms with Gasteiger partial charge in [-0.2, -0.15) is 5.10 Å². The molecule has 0 bridgehead atoms. The van der Waals surface area contributed by atoms with Gasteiger partial charge in [-0.15, -0.1) is 5.10 Å². The molecule has 0 N–H and O–H groups in total. The van der Waals surface area contributed by atoms with Gasteiger partial charge in [-0.1, -0.05) is 5.21 Å². The summed E-state index contributed by atoms with van der Waals surface area (Å²) in [5.41, 5.74) is 1.91. The highest BCUT2D eigenvalue weighted by molar-refractivity contribution is 5.88. The third-order valence-corrected chi connectivity index (χ3v) is 3.71. The number of esters is 1. The molecule has 1 aromatic carbocycles. The number of hydrogen-bond donors (Lipinski definition) is 0. The molecule has 1 aliphatic rings. The SMILES string of the molecule is COC(=O)c1cnn(Cc2cn(-c3ccc4c(c3)OCCO4)nn2)c1. The molecule has 0 saturated heterocycles. The van der Waals surface area contributed by atoms with Crippen LogP contribution in [0.5, 0.6) is 11.5 Å². The molecule has 3 aromatic rings. The largest absolute Gasteiger partial charge is 0.486 e. The number of carbonyl (C=O) groups excluding carboxylic acids is 1. The van der Waals surface area contributed by atoms with Crippen LogP contribution < -0.4 is 9.47 Å². The van der Waals surface area contributed by atoms with E-state index >= 15 is 0 Å². The number of carbonyl (C=O) groups is 1. The Hall–Kier alpha value is -3.36. The Morgan fingerprint density at radius 2 is 2.08 bits per heavy atom. The van der Waals surface area contributed by atoms with Crippen LogP contribution >= 0.6 is 0 Å². The lowest BCUT2D eigenvalue weighted by Gasteiger charge is -2.18. The second-order valence-corrected chi connectivity index (χ2v) is 5.40. The predicted molar refractivity (Wildman–Crippen MR) is 85.0 cm³/mol. The van der Waals surface area contributed by atoms with Crippen molar-refractivity contribution in [1.29, 1.82) is 0 Å². The van der Waals surface area contributed by atoms with Gasteiger partial charge in [0.25, 0.3) is 0 Å². The molecule has 0 atom stereocenters. The molecule has 25 heavy (non-hydrogen) atoms. The van der Waals surface area contributed by atoms with Gasteiger partial charge in [-0.05, 0) is 12.1 Å². The Bertz CT molecular complexity index is 917. The lowest BCUT2D eigenvalue weighted by molar-refractivity contribution is 0.0600. The number of aromatic nitrogens is 5. The van der Waals surface area contributed by atoms with Crippen LogP contribution in [0.15, 0.2) is 36.8 Å². The first-order valence-electron chi connectivity index (χ1n) is 7.65. The summed E-state index contributed by atoms with van der Waals surface area (Å²) in [5.74, 6) is 0.990. The van der Waals surface area contributed by atoms with E-state index in [1.807, 2.05) is 18.2 Å². The number of hydrogen-bond acceptors (Lipinski definition) is 7. The average Bonchev–Trinajstić information content (AvgIpc) is 3.31. The van der Waals surface area contributed by atoms with Gasteiger partial charge in [0.1, 0.15) is 18.9 Å². The molecule has 0 unspecified atom stereocenters. The van der Waals surface area contributed by atoms with Gasteiger partial charge in [0.05, 0.1) is 37.3 Å². The fraction of sp³-hybridized carbons (Fsp3) is 0.250. The van der Waals surface area contributed by atoms with Crippen LogP contribution in [0.4, 0.5) is 0 Å². The molecule has 2 aromatic heterocycles. The van der Waals surface area contributed by atoms with Gasteiger partial charge in [0, 0.05) is 12.3 Å². The molecule has 4 rings (SSSR count). The van der Waals surface area contributed by atoms with Gasteiger partial charge in [0.2, 0.25) is 0 Å². The van der Waals surface area contributed by atoms with Gasteiger partial charge < -0.3 is 14.2 Å². The second kappa shape index (κ2) is 6.27.